The highest BCUT2D eigenvalue weighted by molar-refractivity contribution is 7.99. The zero-order valence-corrected chi connectivity index (χ0v) is 23.6. The third kappa shape index (κ3) is 8.11. The van der Waals surface area contributed by atoms with E-state index in [1.807, 2.05) is 34.6 Å². The van der Waals surface area contributed by atoms with Gasteiger partial charge in [-0.25, -0.2) is 9.19 Å². The number of amides is 1. The average molecular weight is 540 g/mol. The summed E-state index contributed by atoms with van der Waals surface area (Å²) in [5.41, 5.74) is 0.285. The van der Waals surface area contributed by atoms with Crippen molar-refractivity contribution >= 4 is 59.4 Å². The van der Waals surface area contributed by atoms with Gasteiger partial charge in [-0.1, -0.05) is 23.2 Å². The summed E-state index contributed by atoms with van der Waals surface area (Å²) in [6.45, 7) is 16.3. The Bertz CT molecular complexity index is 899. The van der Waals surface area contributed by atoms with E-state index in [4.69, 9.17) is 36.5 Å². The molecular weight excluding hydrogens is 506 g/mol. The van der Waals surface area contributed by atoms with Gasteiger partial charge in [0.05, 0.1) is 15.8 Å². The molecule has 1 saturated heterocycles. The standard InChI is InChI=1S/C23H33Cl2FN2O3S2/c1-21(2,3)30-20(29)28-10-9-14(13-23(28,7)8)19(27-32-22(4,5)6)15-11-16(24)17(25)12-18(15)31-33-26/h11-12,14H,9-10,13H2,1-8H3/b27-19+. The third-order valence-electron chi connectivity index (χ3n) is 5.02. The molecule has 0 saturated carbocycles. The number of likely N-dealkylation sites (tertiary alicyclic amines) is 1. The number of halogens is 3. The van der Waals surface area contributed by atoms with E-state index in [0.29, 0.717) is 30.0 Å². The molecule has 5 nitrogen and oxygen atoms in total. The molecule has 1 atom stereocenters. The van der Waals surface area contributed by atoms with E-state index in [-0.39, 0.29) is 40.0 Å². The number of hydrogen-bond donors (Lipinski definition) is 0. The molecule has 10 heteroatoms. The molecule has 1 aromatic carbocycles. The van der Waals surface area contributed by atoms with Crippen molar-refractivity contribution in [3.8, 4) is 5.75 Å². The van der Waals surface area contributed by atoms with Crippen molar-refractivity contribution in [1.82, 2.24) is 4.90 Å². The number of ether oxygens (including phenoxy) is 1. The SMILES string of the molecule is CC(C)(C)OC(=O)N1CCC(/C(=N\SC(C)(C)C)c2cc(Cl)c(Cl)cc2OSF)CC1(C)C. The van der Waals surface area contributed by atoms with E-state index in [1.54, 1.807) is 11.0 Å². The second-order valence-corrected chi connectivity index (χ2v) is 13.4. The summed E-state index contributed by atoms with van der Waals surface area (Å²) in [6.07, 6.45) is 0.966. The third-order valence-corrected chi connectivity index (χ3v) is 6.82. The van der Waals surface area contributed by atoms with Crippen molar-refractivity contribution in [2.75, 3.05) is 6.54 Å². The molecule has 0 spiro atoms. The Kier molecular flexibility index (Phi) is 9.33. The molecule has 0 N–H and O–H groups in total. The lowest BCUT2D eigenvalue weighted by atomic mass is 9.78. The molecule has 1 aromatic rings. The van der Waals surface area contributed by atoms with Gasteiger partial charge in [-0.15, -0.1) is 3.89 Å². The minimum absolute atomic E-state index is 0.0160. The highest BCUT2D eigenvalue weighted by atomic mass is 35.5. The Morgan fingerprint density at radius 1 is 1.18 bits per heavy atom. The number of rotatable bonds is 5. The van der Waals surface area contributed by atoms with Crippen molar-refractivity contribution in [3.05, 3.63) is 27.7 Å². The van der Waals surface area contributed by atoms with Gasteiger partial charge in [0.15, 0.2) is 5.75 Å². The fourth-order valence-electron chi connectivity index (χ4n) is 3.65. The van der Waals surface area contributed by atoms with E-state index >= 15 is 0 Å². The van der Waals surface area contributed by atoms with Gasteiger partial charge in [-0.05, 0) is 86.2 Å². The van der Waals surface area contributed by atoms with Crippen LogP contribution in [0.2, 0.25) is 10.0 Å². The first-order valence-corrected chi connectivity index (χ1v) is 12.9. The Hall–Kier alpha value is -0.830. The Morgan fingerprint density at radius 3 is 2.30 bits per heavy atom. The van der Waals surface area contributed by atoms with Crippen molar-refractivity contribution in [2.24, 2.45) is 10.3 Å². The van der Waals surface area contributed by atoms with Crippen LogP contribution in [-0.2, 0) is 4.74 Å². The predicted molar refractivity (Wildman–Crippen MR) is 139 cm³/mol. The monoisotopic (exact) mass is 538 g/mol. The number of benzene rings is 1. The summed E-state index contributed by atoms with van der Waals surface area (Å²) in [6, 6.07) is 3.18. The van der Waals surface area contributed by atoms with E-state index < -0.39 is 11.1 Å². The fourth-order valence-corrected chi connectivity index (χ4v) is 4.80. The summed E-state index contributed by atoms with van der Waals surface area (Å²) < 4.78 is 28.6. The molecule has 1 aliphatic heterocycles. The van der Waals surface area contributed by atoms with E-state index in [9.17, 15) is 8.68 Å². The van der Waals surface area contributed by atoms with Crippen LogP contribution in [0.15, 0.2) is 16.5 Å². The van der Waals surface area contributed by atoms with Gasteiger partial charge in [0.25, 0.3) is 12.4 Å². The Morgan fingerprint density at radius 2 is 1.79 bits per heavy atom. The largest absolute Gasteiger partial charge is 0.444 e. The van der Waals surface area contributed by atoms with Gasteiger partial charge in [0.2, 0.25) is 0 Å². The highest BCUT2D eigenvalue weighted by Gasteiger charge is 2.42. The van der Waals surface area contributed by atoms with Gasteiger partial charge < -0.3 is 13.8 Å². The molecule has 2 rings (SSSR count). The van der Waals surface area contributed by atoms with Crippen LogP contribution in [0.5, 0.6) is 5.75 Å². The summed E-state index contributed by atoms with van der Waals surface area (Å²) in [7, 11) is 0. The Balaban J connectivity index is 2.45. The van der Waals surface area contributed by atoms with Crippen molar-refractivity contribution < 1.29 is 17.6 Å². The first-order chi connectivity index (χ1) is 15.0. The number of nitrogens with zero attached hydrogens (tertiary/aromatic N) is 2. The van der Waals surface area contributed by atoms with Gasteiger partial charge in [0, 0.05) is 34.4 Å². The lowest BCUT2D eigenvalue weighted by Crippen LogP contribution is -2.55. The summed E-state index contributed by atoms with van der Waals surface area (Å²) in [4.78, 5) is 14.6. The summed E-state index contributed by atoms with van der Waals surface area (Å²) in [5.74, 6) is 0.246. The molecule has 1 aliphatic rings. The molecule has 1 heterocycles. The fraction of sp³-hybridized carbons (Fsp3) is 0.652. The maximum Gasteiger partial charge on any atom is 0.410 e. The molecule has 186 valence electrons. The second kappa shape index (κ2) is 10.8. The predicted octanol–water partition coefficient (Wildman–Crippen LogP) is 8.57. The number of piperidine rings is 1. The minimum atomic E-state index is -0.573. The topological polar surface area (TPSA) is 51.1 Å². The second-order valence-electron chi connectivity index (χ2n) is 10.7. The van der Waals surface area contributed by atoms with Crippen LogP contribution in [0.25, 0.3) is 0 Å². The maximum absolute atomic E-state index is 13.1. The number of hydrogen-bond acceptors (Lipinski definition) is 6. The van der Waals surface area contributed by atoms with Crippen LogP contribution in [-0.4, -0.2) is 39.1 Å². The van der Waals surface area contributed by atoms with Crippen molar-refractivity contribution in [3.63, 3.8) is 0 Å². The lowest BCUT2D eigenvalue weighted by molar-refractivity contribution is -0.0101. The lowest BCUT2D eigenvalue weighted by Gasteiger charge is -2.46. The van der Waals surface area contributed by atoms with Gasteiger partial charge >= 0.3 is 6.09 Å². The van der Waals surface area contributed by atoms with Crippen LogP contribution in [0.3, 0.4) is 0 Å². The molecule has 0 aliphatic carbocycles. The quantitative estimate of drug-likeness (QED) is 0.213. The van der Waals surface area contributed by atoms with E-state index in [1.165, 1.54) is 18.0 Å². The normalized spacial score (nSPS) is 19.4. The first-order valence-electron chi connectivity index (χ1n) is 10.8. The molecule has 1 fully saturated rings. The molecule has 0 aromatic heterocycles. The smallest absolute Gasteiger partial charge is 0.410 e. The van der Waals surface area contributed by atoms with Crippen LogP contribution in [0.4, 0.5) is 8.68 Å². The van der Waals surface area contributed by atoms with E-state index in [0.717, 1.165) is 5.71 Å². The highest BCUT2D eigenvalue weighted by Crippen LogP contribution is 2.41. The van der Waals surface area contributed by atoms with Crippen LogP contribution in [0, 0.1) is 5.92 Å². The molecular formula is C23H33Cl2FN2O3S2. The minimum Gasteiger partial charge on any atom is -0.444 e. The summed E-state index contributed by atoms with van der Waals surface area (Å²) >= 11 is 13.7. The Labute approximate surface area is 215 Å². The van der Waals surface area contributed by atoms with E-state index in [2.05, 4.69) is 20.8 Å². The summed E-state index contributed by atoms with van der Waals surface area (Å²) in [5, 5.41) is 0.606. The number of carbonyl (C=O) groups is 1. The van der Waals surface area contributed by atoms with Gasteiger partial charge in [-0.3, -0.25) is 0 Å². The molecule has 1 unspecified atom stereocenters. The molecule has 1 amide bonds. The molecule has 0 bridgehead atoms. The molecule has 0 radical (unpaired) electrons. The first kappa shape index (κ1) is 28.4. The molecule has 33 heavy (non-hydrogen) atoms. The van der Waals surface area contributed by atoms with Crippen LogP contribution >= 0.6 is 47.6 Å². The van der Waals surface area contributed by atoms with Crippen molar-refractivity contribution in [1.29, 1.82) is 0 Å². The maximum atomic E-state index is 13.1. The zero-order chi connectivity index (χ0) is 25.2. The average Bonchev–Trinajstić information content (AvgIpc) is 2.62. The zero-order valence-electron chi connectivity index (χ0n) is 20.4. The van der Waals surface area contributed by atoms with Gasteiger partial charge in [-0.2, -0.15) is 0 Å². The number of carbonyl (C=O) groups excluding carboxylic acids is 1. The van der Waals surface area contributed by atoms with Crippen molar-refractivity contribution in [2.45, 2.75) is 84.1 Å². The van der Waals surface area contributed by atoms with Gasteiger partial charge in [0.1, 0.15) is 5.60 Å². The van der Waals surface area contributed by atoms with Crippen LogP contribution in [0.1, 0.15) is 73.8 Å². The van der Waals surface area contributed by atoms with Crippen LogP contribution < -0.4 is 4.18 Å².